The quantitative estimate of drug-likeness (QED) is 0.863. The largest absolute Gasteiger partial charge is 0.389 e. The smallest absolute Gasteiger partial charge is 0.240 e. The van der Waals surface area contributed by atoms with Crippen molar-refractivity contribution in [2.75, 3.05) is 6.54 Å². The molecule has 1 aliphatic carbocycles. The molecule has 0 saturated heterocycles. The Morgan fingerprint density at radius 3 is 2.68 bits per heavy atom. The summed E-state index contributed by atoms with van der Waals surface area (Å²) in [5, 5.41) is 18.7. The van der Waals surface area contributed by atoms with Crippen molar-refractivity contribution in [2.45, 2.75) is 36.7 Å². The minimum atomic E-state index is -3.69. The molecule has 19 heavy (non-hydrogen) atoms. The van der Waals surface area contributed by atoms with Crippen LogP contribution in [0.25, 0.3) is 0 Å². The van der Waals surface area contributed by atoms with Gasteiger partial charge in [0.05, 0.1) is 22.1 Å². The van der Waals surface area contributed by atoms with Crippen molar-refractivity contribution in [3.8, 4) is 6.07 Å². The number of nitriles is 1. The number of nitrogens with zero attached hydrogens (tertiary/aromatic N) is 1. The molecule has 1 aromatic carbocycles. The second kappa shape index (κ2) is 4.93. The van der Waals surface area contributed by atoms with Crippen LogP contribution < -0.4 is 4.72 Å². The third-order valence-corrected chi connectivity index (χ3v) is 5.03. The normalized spacial score (nSPS) is 17.5. The first kappa shape index (κ1) is 14.0. The Bertz CT molecular complexity index is 628. The van der Waals surface area contributed by atoms with Gasteiger partial charge in [0.25, 0.3) is 0 Å². The number of hydrogen-bond donors (Lipinski definition) is 2. The average molecular weight is 280 g/mol. The van der Waals surface area contributed by atoms with Crippen LogP contribution in [0.2, 0.25) is 0 Å². The SMILES string of the molecule is Cc1ccc(C#N)cc1S(=O)(=O)NCC1(O)CCC1. The fourth-order valence-electron chi connectivity index (χ4n) is 2.03. The molecule has 0 bridgehead atoms. The molecule has 0 atom stereocenters. The summed E-state index contributed by atoms with van der Waals surface area (Å²) in [6.07, 6.45) is 2.15. The van der Waals surface area contributed by atoms with Crippen molar-refractivity contribution in [1.82, 2.24) is 4.72 Å². The van der Waals surface area contributed by atoms with Gasteiger partial charge in [0.2, 0.25) is 10.0 Å². The molecule has 6 heteroatoms. The van der Waals surface area contributed by atoms with Crippen LogP contribution in [0.5, 0.6) is 0 Å². The molecule has 0 unspecified atom stereocenters. The number of rotatable bonds is 4. The van der Waals surface area contributed by atoms with Crippen molar-refractivity contribution < 1.29 is 13.5 Å². The highest BCUT2D eigenvalue weighted by Gasteiger charge is 2.35. The number of aliphatic hydroxyl groups is 1. The summed E-state index contributed by atoms with van der Waals surface area (Å²) in [4.78, 5) is 0.0921. The molecule has 0 heterocycles. The highest BCUT2D eigenvalue weighted by Crippen LogP contribution is 2.31. The maximum atomic E-state index is 12.2. The van der Waals surface area contributed by atoms with Gasteiger partial charge in [0, 0.05) is 6.54 Å². The molecule has 1 aliphatic rings. The van der Waals surface area contributed by atoms with Gasteiger partial charge in [-0.1, -0.05) is 6.07 Å². The summed E-state index contributed by atoms with van der Waals surface area (Å²) in [7, 11) is -3.69. The van der Waals surface area contributed by atoms with E-state index in [1.165, 1.54) is 6.07 Å². The summed E-state index contributed by atoms with van der Waals surface area (Å²) in [5.74, 6) is 0. The number of aryl methyl sites for hydroxylation is 1. The fraction of sp³-hybridized carbons (Fsp3) is 0.462. The molecule has 0 radical (unpaired) electrons. The van der Waals surface area contributed by atoms with E-state index in [0.29, 0.717) is 24.0 Å². The fourth-order valence-corrected chi connectivity index (χ4v) is 3.42. The van der Waals surface area contributed by atoms with Gasteiger partial charge >= 0.3 is 0 Å². The zero-order valence-corrected chi connectivity index (χ0v) is 11.5. The Kier molecular flexibility index (Phi) is 3.63. The minimum Gasteiger partial charge on any atom is -0.389 e. The van der Waals surface area contributed by atoms with E-state index in [4.69, 9.17) is 5.26 Å². The molecule has 102 valence electrons. The van der Waals surface area contributed by atoms with Gasteiger partial charge in [-0.25, -0.2) is 13.1 Å². The van der Waals surface area contributed by atoms with E-state index < -0.39 is 15.6 Å². The van der Waals surface area contributed by atoms with Crippen molar-refractivity contribution in [2.24, 2.45) is 0 Å². The Morgan fingerprint density at radius 1 is 1.47 bits per heavy atom. The van der Waals surface area contributed by atoms with Gasteiger partial charge in [0.1, 0.15) is 0 Å². The average Bonchev–Trinajstić information content (AvgIpc) is 2.34. The summed E-state index contributed by atoms with van der Waals surface area (Å²) in [6.45, 7) is 1.69. The third-order valence-electron chi connectivity index (χ3n) is 3.48. The Labute approximate surface area is 112 Å². The first-order chi connectivity index (χ1) is 8.86. The Balaban J connectivity index is 2.22. The van der Waals surface area contributed by atoms with Crippen LogP contribution in [0.3, 0.4) is 0 Å². The lowest BCUT2D eigenvalue weighted by atomic mass is 9.81. The maximum absolute atomic E-state index is 12.2. The number of hydrogen-bond acceptors (Lipinski definition) is 4. The van der Waals surface area contributed by atoms with Crippen LogP contribution in [-0.2, 0) is 10.0 Å². The van der Waals surface area contributed by atoms with E-state index in [2.05, 4.69) is 4.72 Å². The van der Waals surface area contributed by atoms with E-state index >= 15 is 0 Å². The van der Waals surface area contributed by atoms with Gasteiger partial charge in [-0.05, 0) is 43.9 Å². The van der Waals surface area contributed by atoms with Crippen molar-refractivity contribution in [1.29, 1.82) is 5.26 Å². The Morgan fingerprint density at radius 2 is 2.16 bits per heavy atom. The Hall–Kier alpha value is -1.42. The molecule has 1 aromatic rings. The van der Waals surface area contributed by atoms with E-state index in [1.54, 1.807) is 19.1 Å². The number of nitrogens with one attached hydrogen (secondary N) is 1. The first-order valence-electron chi connectivity index (χ1n) is 6.09. The van der Waals surface area contributed by atoms with E-state index in [1.807, 2.05) is 6.07 Å². The third kappa shape index (κ3) is 2.95. The summed E-state index contributed by atoms with van der Waals surface area (Å²) in [6, 6.07) is 6.45. The standard InChI is InChI=1S/C13H16N2O3S/c1-10-3-4-11(8-14)7-12(10)19(17,18)15-9-13(16)5-2-6-13/h3-4,7,15-16H,2,5-6,9H2,1H3. The summed E-state index contributed by atoms with van der Waals surface area (Å²) >= 11 is 0. The van der Waals surface area contributed by atoms with Crippen LogP contribution >= 0.6 is 0 Å². The van der Waals surface area contributed by atoms with Crippen molar-refractivity contribution in [3.63, 3.8) is 0 Å². The van der Waals surface area contributed by atoms with Gasteiger partial charge in [-0.2, -0.15) is 5.26 Å². The predicted molar refractivity (Wildman–Crippen MR) is 69.9 cm³/mol. The second-order valence-corrected chi connectivity index (χ2v) is 6.73. The van der Waals surface area contributed by atoms with Crippen LogP contribution in [-0.4, -0.2) is 25.7 Å². The number of benzene rings is 1. The van der Waals surface area contributed by atoms with Crippen LogP contribution in [0.15, 0.2) is 23.1 Å². The van der Waals surface area contributed by atoms with Gasteiger partial charge in [-0.15, -0.1) is 0 Å². The van der Waals surface area contributed by atoms with Crippen LogP contribution in [0.1, 0.15) is 30.4 Å². The molecular weight excluding hydrogens is 264 g/mol. The lowest BCUT2D eigenvalue weighted by Gasteiger charge is -2.36. The van der Waals surface area contributed by atoms with E-state index in [-0.39, 0.29) is 11.4 Å². The summed E-state index contributed by atoms with van der Waals surface area (Å²) in [5.41, 5.74) is -0.0335. The number of sulfonamides is 1. The molecule has 0 amide bonds. The lowest BCUT2D eigenvalue weighted by Crippen LogP contribution is -2.47. The van der Waals surface area contributed by atoms with Gasteiger partial charge < -0.3 is 5.11 Å². The predicted octanol–water partition coefficient (Wildman–Crippen LogP) is 1.06. The second-order valence-electron chi connectivity index (χ2n) is 4.99. The van der Waals surface area contributed by atoms with Crippen LogP contribution in [0.4, 0.5) is 0 Å². The van der Waals surface area contributed by atoms with Crippen molar-refractivity contribution >= 4 is 10.0 Å². The minimum absolute atomic E-state index is 0.0194. The molecule has 0 spiro atoms. The van der Waals surface area contributed by atoms with E-state index in [9.17, 15) is 13.5 Å². The topological polar surface area (TPSA) is 90.2 Å². The van der Waals surface area contributed by atoms with Crippen molar-refractivity contribution in [3.05, 3.63) is 29.3 Å². The molecule has 1 fully saturated rings. The van der Waals surface area contributed by atoms with E-state index in [0.717, 1.165) is 6.42 Å². The molecule has 1 saturated carbocycles. The van der Waals surface area contributed by atoms with Gasteiger partial charge in [0.15, 0.2) is 0 Å². The molecule has 5 nitrogen and oxygen atoms in total. The zero-order chi connectivity index (χ0) is 14.1. The molecule has 0 aromatic heterocycles. The highest BCUT2D eigenvalue weighted by atomic mass is 32.2. The zero-order valence-electron chi connectivity index (χ0n) is 10.7. The molecule has 2 N–H and O–H groups in total. The summed E-state index contributed by atoms with van der Waals surface area (Å²) < 4.78 is 26.8. The molecule has 2 rings (SSSR count). The lowest BCUT2D eigenvalue weighted by molar-refractivity contribution is -0.0270. The first-order valence-corrected chi connectivity index (χ1v) is 7.57. The monoisotopic (exact) mass is 280 g/mol. The maximum Gasteiger partial charge on any atom is 0.240 e. The van der Waals surface area contributed by atoms with Gasteiger partial charge in [-0.3, -0.25) is 0 Å². The molecule has 0 aliphatic heterocycles. The highest BCUT2D eigenvalue weighted by molar-refractivity contribution is 7.89. The molecular formula is C13H16N2O3S. The van der Waals surface area contributed by atoms with Crippen LogP contribution in [0, 0.1) is 18.3 Å².